The molecule has 1 saturated carbocycles. The first-order chi connectivity index (χ1) is 13.6. The second-order valence-electron chi connectivity index (χ2n) is 7.47. The molecule has 0 radical (unpaired) electrons. The van der Waals surface area contributed by atoms with Gasteiger partial charge in [-0.2, -0.15) is 0 Å². The number of aliphatic carboxylic acids is 1. The minimum Gasteiger partial charge on any atom is -0.481 e. The van der Waals surface area contributed by atoms with E-state index in [1.54, 1.807) is 0 Å². The van der Waals surface area contributed by atoms with E-state index in [9.17, 15) is 9.59 Å². The monoisotopic (exact) mass is 397 g/mol. The van der Waals surface area contributed by atoms with Crippen molar-refractivity contribution in [1.82, 2.24) is 5.32 Å². The van der Waals surface area contributed by atoms with E-state index in [1.807, 2.05) is 24.3 Å². The van der Waals surface area contributed by atoms with Gasteiger partial charge in [-0.25, -0.2) is 4.79 Å². The first-order valence-corrected chi connectivity index (χ1v) is 10.7. The molecule has 5 nitrogen and oxygen atoms in total. The third kappa shape index (κ3) is 3.74. The van der Waals surface area contributed by atoms with Gasteiger partial charge < -0.3 is 15.2 Å². The molecule has 1 amide bonds. The van der Waals surface area contributed by atoms with Crippen LogP contribution in [-0.4, -0.2) is 40.8 Å². The summed E-state index contributed by atoms with van der Waals surface area (Å²) in [5, 5.41) is 11.8. The molecule has 0 bridgehead atoms. The molecule has 2 aromatic rings. The van der Waals surface area contributed by atoms with Gasteiger partial charge in [0.05, 0.1) is 11.3 Å². The van der Waals surface area contributed by atoms with Crippen molar-refractivity contribution in [3.8, 4) is 11.1 Å². The number of thioether (sulfide) groups is 1. The number of carboxylic acids is 1. The molecule has 1 fully saturated rings. The largest absolute Gasteiger partial charge is 0.481 e. The Hall–Kier alpha value is -2.47. The summed E-state index contributed by atoms with van der Waals surface area (Å²) in [5.41, 5.74) is 4.45. The first kappa shape index (κ1) is 18.9. The van der Waals surface area contributed by atoms with Crippen molar-refractivity contribution in [2.45, 2.75) is 30.7 Å². The number of benzene rings is 2. The topological polar surface area (TPSA) is 75.6 Å². The Morgan fingerprint density at radius 2 is 1.68 bits per heavy atom. The third-order valence-corrected chi connectivity index (χ3v) is 6.83. The molecule has 2 aliphatic carbocycles. The summed E-state index contributed by atoms with van der Waals surface area (Å²) in [5.74, 6) is -0.144. The normalized spacial score (nSPS) is 16.6. The molecule has 2 aliphatic rings. The van der Waals surface area contributed by atoms with Gasteiger partial charge >= 0.3 is 12.1 Å². The van der Waals surface area contributed by atoms with E-state index in [4.69, 9.17) is 9.84 Å². The van der Waals surface area contributed by atoms with E-state index in [0.29, 0.717) is 5.75 Å². The molecule has 28 heavy (non-hydrogen) atoms. The maximum atomic E-state index is 12.5. The number of carbonyl (C=O) groups excluding carboxylic acids is 1. The van der Waals surface area contributed by atoms with Crippen molar-refractivity contribution >= 4 is 23.8 Å². The fourth-order valence-electron chi connectivity index (χ4n) is 4.09. The Balaban J connectivity index is 1.39. The number of nitrogens with one attached hydrogen (secondary N) is 1. The van der Waals surface area contributed by atoms with E-state index in [2.05, 4.69) is 29.6 Å². The van der Waals surface area contributed by atoms with Crippen LogP contribution < -0.4 is 5.32 Å². The van der Waals surface area contributed by atoms with Crippen LogP contribution in [0.2, 0.25) is 0 Å². The number of ether oxygens (including phenoxy) is 1. The maximum Gasteiger partial charge on any atom is 0.407 e. The Morgan fingerprint density at radius 3 is 2.21 bits per heavy atom. The highest BCUT2D eigenvalue weighted by atomic mass is 32.2. The summed E-state index contributed by atoms with van der Waals surface area (Å²) in [6.07, 6.45) is 2.35. The van der Waals surface area contributed by atoms with Gasteiger partial charge in [-0.1, -0.05) is 48.5 Å². The highest BCUT2D eigenvalue weighted by molar-refractivity contribution is 8.00. The van der Waals surface area contributed by atoms with Crippen molar-refractivity contribution in [2.24, 2.45) is 0 Å². The zero-order chi connectivity index (χ0) is 19.6. The predicted octanol–water partition coefficient (Wildman–Crippen LogP) is 4.27. The van der Waals surface area contributed by atoms with Gasteiger partial charge in [0.1, 0.15) is 6.61 Å². The summed E-state index contributed by atoms with van der Waals surface area (Å²) in [7, 11) is 0. The van der Waals surface area contributed by atoms with E-state index >= 15 is 0 Å². The zero-order valence-corrected chi connectivity index (χ0v) is 16.3. The number of carboxylic acid groups (broad SMARTS) is 1. The zero-order valence-electron chi connectivity index (χ0n) is 15.5. The van der Waals surface area contributed by atoms with Crippen molar-refractivity contribution in [3.05, 3.63) is 59.7 Å². The van der Waals surface area contributed by atoms with E-state index in [1.165, 1.54) is 34.0 Å². The van der Waals surface area contributed by atoms with Crippen LogP contribution in [0.3, 0.4) is 0 Å². The Labute approximate surface area is 168 Å². The molecule has 6 heteroatoms. The summed E-state index contributed by atoms with van der Waals surface area (Å²) >= 11 is 1.34. The van der Waals surface area contributed by atoms with Gasteiger partial charge in [-0.3, -0.25) is 4.79 Å². The molecule has 4 rings (SSSR count). The van der Waals surface area contributed by atoms with Crippen LogP contribution in [0.4, 0.5) is 4.79 Å². The van der Waals surface area contributed by atoms with Gasteiger partial charge in [0.25, 0.3) is 0 Å². The molecule has 0 aromatic heterocycles. The average Bonchev–Trinajstić information content (AvgIpc) is 2.98. The molecular weight excluding hydrogens is 374 g/mol. The van der Waals surface area contributed by atoms with Crippen LogP contribution in [0, 0.1) is 0 Å². The Morgan fingerprint density at radius 1 is 1.07 bits per heavy atom. The molecule has 0 heterocycles. The third-order valence-electron chi connectivity index (χ3n) is 5.63. The lowest BCUT2D eigenvalue weighted by molar-refractivity contribution is -0.133. The number of hydrogen-bond donors (Lipinski definition) is 2. The van der Waals surface area contributed by atoms with Crippen molar-refractivity contribution < 1.29 is 19.4 Å². The van der Waals surface area contributed by atoms with Crippen molar-refractivity contribution in [1.29, 1.82) is 0 Å². The standard InChI is InChI=1S/C22H23NO4S/c24-20(25)13-28-14-22(10-5-11-22)23-21(26)27-12-19-17-8-3-1-6-15(17)16-7-2-4-9-18(16)19/h1-4,6-9,19H,5,10-14H2,(H,23,26)(H,24,25). The molecule has 2 N–H and O–H groups in total. The van der Waals surface area contributed by atoms with E-state index < -0.39 is 12.1 Å². The maximum absolute atomic E-state index is 12.5. The number of fused-ring (bicyclic) bond motifs is 3. The average molecular weight is 397 g/mol. The minimum absolute atomic E-state index is 0.0388. The molecule has 0 atom stereocenters. The molecule has 2 aromatic carbocycles. The highest BCUT2D eigenvalue weighted by Gasteiger charge is 2.39. The SMILES string of the molecule is O=C(O)CSCC1(NC(=O)OCC2c3ccccc3-c3ccccc32)CCC1. The summed E-state index contributed by atoms with van der Waals surface area (Å²) in [6.45, 7) is 0.290. The first-order valence-electron chi connectivity index (χ1n) is 9.51. The van der Waals surface area contributed by atoms with Gasteiger partial charge in [-0.15, -0.1) is 11.8 Å². The Kier molecular flexibility index (Phi) is 5.31. The van der Waals surface area contributed by atoms with Gasteiger partial charge in [0.2, 0.25) is 0 Å². The van der Waals surface area contributed by atoms with Crippen LogP contribution >= 0.6 is 11.8 Å². The lowest BCUT2D eigenvalue weighted by atomic mass is 9.78. The quantitative estimate of drug-likeness (QED) is 0.730. The smallest absolute Gasteiger partial charge is 0.407 e. The number of amides is 1. The lowest BCUT2D eigenvalue weighted by Gasteiger charge is -2.41. The van der Waals surface area contributed by atoms with Gasteiger partial charge in [0.15, 0.2) is 0 Å². The van der Waals surface area contributed by atoms with Gasteiger partial charge in [-0.05, 0) is 41.5 Å². The molecular formula is C22H23NO4S. The van der Waals surface area contributed by atoms with Crippen LogP contribution in [0.1, 0.15) is 36.3 Å². The van der Waals surface area contributed by atoms with Crippen LogP contribution in [0.5, 0.6) is 0 Å². The van der Waals surface area contributed by atoms with Crippen LogP contribution in [0.15, 0.2) is 48.5 Å². The van der Waals surface area contributed by atoms with Crippen LogP contribution in [-0.2, 0) is 9.53 Å². The van der Waals surface area contributed by atoms with Crippen molar-refractivity contribution in [2.75, 3.05) is 18.1 Å². The summed E-state index contributed by atoms with van der Waals surface area (Å²) in [4.78, 5) is 23.2. The molecule has 0 saturated heterocycles. The lowest BCUT2D eigenvalue weighted by Crippen LogP contribution is -2.55. The number of carbonyl (C=O) groups is 2. The highest BCUT2D eigenvalue weighted by Crippen LogP contribution is 2.44. The fourth-order valence-corrected chi connectivity index (χ4v) is 5.12. The molecule has 146 valence electrons. The Bertz CT molecular complexity index is 848. The van der Waals surface area contributed by atoms with Crippen molar-refractivity contribution in [3.63, 3.8) is 0 Å². The molecule has 0 spiro atoms. The van der Waals surface area contributed by atoms with E-state index in [-0.39, 0.29) is 23.8 Å². The second-order valence-corrected chi connectivity index (χ2v) is 8.46. The molecule has 0 aliphatic heterocycles. The summed E-state index contributed by atoms with van der Waals surface area (Å²) in [6, 6.07) is 16.5. The fraction of sp³-hybridized carbons (Fsp3) is 0.364. The summed E-state index contributed by atoms with van der Waals surface area (Å²) < 4.78 is 5.62. The number of hydrogen-bond acceptors (Lipinski definition) is 4. The minimum atomic E-state index is -0.833. The number of rotatable bonds is 7. The second kappa shape index (κ2) is 7.87. The predicted molar refractivity (Wildman–Crippen MR) is 110 cm³/mol. The van der Waals surface area contributed by atoms with Gasteiger partial charge in [0, 0.05) is 11.7 Å². The number of alkyl carbamates (subject to hydrolysis) is 1. The van der Waals surface area contributed by atoms with E-state index in [0.717, 1.165) is 19.3 Å². The van der Waals surface area contributed by atoms with Crippen LogP contribution in [0.25, 0.3) is 11.1 Å². The molecule has 0 unspecified atom stereocenters.